The van der Waals surface area contributed by atoms with Gasteiger partial charge in [0.1, 0.15) is 5.82 Å². The molecule has 1 rings (SSSR count). The number of rotatable bonds is 3. The van der Waals surface area contributed by atoms with Crippen LogP contribution < -0.4 is 0 Å². The molecule has 0 spiro atoms. The molecule has 1 aromatic rings. The van der Waals surface area contributed by atoms with Crippen LogP contribution in [-0.4, -0.2) is 36.3 Å². The first-order chi connectivity index (χ1) is 5.98. The topological polar surface area (TPSA) is 66.1 Å². The van der Waals surface area contributed by atoms with Crippen LogP contribution in [-0.2, 0) is 10.0 Å². The molecule has 0 aliphatic carbocycles. The second kappa shape index (κ2) is 3.47. The van der Waals surface area contributed by atoms with Crippen LogP contribution in [0.2, 0.25) is 0 Å². The van der Waals surface area contributed by atoms with E-state index in [4.69, 9.17) is 0 Å². The molecular weight excluding hydrogens is 190 g/mol. The van der Waals surface area contributed by atoms with Gasteiger partial charge in [-0.15, -0.1) is 0 Å². The van der Waals surface area contributed by atoms with Gasteiger partial charge in [0.25, 0.3) is 10.0 Å². The summed E-state index contributed by atoms with van der Waals surface area (Å²) in [7, 11) is -1.98. The third-order valence-corrected chi connectivity index (χ3v) is 3.41. The molecule has 1 heterocycles. The lowest BCUT2D eigenvalue weighted by atomic mass is 10.8. The van der Waals surface area contributed by atoms with E-state index >= 15 is 0 Å². The van der Waals surface area contributed by atoms with Crippen molar-refractivity contribution in [3.05, 3.63) is 18.9 Å². The minimum atomic E-state index is -3.44. The molecule has 73 valence electrons. The van der Waals surface area contributed by atoms with E-state index in [-0.39, 0.29) is 11.6 Å². The molecule has 0 atom stereocenters. The van der Waals surface area contributed by atoms with Crippen LogP contribution in [0.15, 0.2) is 11.2 Å². The molecule has 1 radical (unpaired) electrons. The molecule has 0 saturated carbocycles. The third kappa shape index (κ3) is 1.89. The van der Waals surface area contributed by atoms with E-state index in [2.05, 4.69) is 16.9 Å². The van der Waals surface area contributed by atoms with Crippen molar-refractivity contribution in [2.24, 2.45) is 0 Å². The van der Waals surface area contributed by atoms with Gasteiger partial charge in [-0.3, -0.25) is 0 Å². The van der Waals surface area contributed by atoms with E-state index in [0.29, 0.717) is 5.82 Å². The summed E-state index contributed by atoms with van der Waals surface area (Å²) in [6, 6.07) is 0. The quantitative estimate of drug-likeness (QED) is 0.760. The summed E-state index contributed by atoms with van der Waals surface area (Å²) in [5, 5.41) is 0.0381. The zero-order valence-electron chi connectivity index (χ0n) is 7.61. The molecule has 6 heteroatoms. The van der Waals surface area contributed by atoms with E-state index in [9.17, 15) is 8.42 Å². The zero-order chi connectivity index (χ0) is 10.1. The lowest BCUT2D eigenvalue weighted by molar-refractivity contribution is 0.495. The number of hydrogen-bond acceptors (Lipinski definition) is 3. The highest BCUT2D eigenvalue weighted by atomic mass is 32.2. The fourth-order valence-corrected chi connectivity index (χ4v) is 1.83. The van der Waals surface area contributed by atoms with Gasteiger partial charge in [-0.05, 0) is 13.8 Å². The van der Waals surface area contributed by atoms with Crippen molar-refractivity contribution in [1.29, 1.82) is 0 Å². The van der Waals surface area contributed by atoms with Gasteiger partial charge in [-0.25, -0.2) is 13.4 Å². The second-order valence-corrected chi connectivity index (χ2v) is 4.64. The lowest BCUT2D eigenvalue weighted by Gasteiger charge is -2.11. The number of nitrogens with one attached hydrogen (secondary N) is 1. The van der Waals surface area contributed by atoms with Crippen LogP contribution in [0.5, 0.6) is 0 Å². The monoisotopic (exact) mass is 202 g/mol. The van der Waals surface area contributed by atoms with Gasteiger partial charge in [0, 0.05) is 19.8 Å². The van der Waals surface area contributed by atoms with Gasteiger partial charge in [0.05, 0.1) is 0 Å². The van der Waals surface area contributed by atoms with Gasteiger partial charge in [0.15, 0.2) is 5.03 Å². The van der Waals surface area contributed by atoms with Crippen LogP contribution >= 0.6 is 0 Å². The highest BCUT2D eigenvalue weighted by Gasteiger charge is 2.21. The highest BCUT2D eigenvalue weighted by molar-refractivity contribution is 7.89. The van der Waals surface area contributed by atoms with Crippen LogP contribution in [0.25, 0.3) is 0 Å². The standard InChI is InChI=1S/C7H12N3O2S/c1-4-10(3)13(11,12)7-5-8-6(2)9-7/h5H,1,4H2,2-3H3,(H,8,9). The maximum absolute atomic E-state index is 11.6. The van der Waals surface area contributed by atoms with Gasteiger partial charge in [-0.2, -0.15) is 4.31 Å². The minimum Gasteiger partial charge on any atom is -0.348 e. The average molecular weight is 202 g/mol. The van der Waals surface area contributed by atoms with Gasteiger partial charge >= 0.3 is 0 Å². The molecule has 1 aromatic heterocycles. The Morgan fingerprint density at radius 2 is 2.31 bits per heavy atom. The van der Waals surface area contributed by atoms with E-state index in [1.54, 1.807) is 6.92 Å². The second-order valence-electron chi connectivity index (χ2n) is 2.65. The van der Waals surface area contributed by atoms with Gasteiger partial charge in [0.2, 0.25) is 0 Å². The molecule has 13 heavy (non-hydrogen) atoms. The lowest BCUT2D eigenvalue weighted by Crippen LogP contribution is -2.26. The molecular formula is C7H12N3O2S. The summed E-state index contributed by atoms with van der Waals surface area (Å²) in [6.07, 6.45) is 1.37. The number of aryl methyl sites for hydroxylation is 1. The molecule has 0 saturated heterocycles. The first-order valence-corrected chi connectivity index (χ1v) is 5.20. The molecule has 0 amide bonds. The van der Waals surface area contributed by atoms with Crippen molar-refractivity contribution in [1.82, 2.24) is 14.3 Å². The number of aromatic nitrogens is 2. The van der Waals surface area contributed by atoms with Crippen LogP contribution in [0.3, 0.4) is 0 Å². The highest BCUT2D eigenvalue weighted by Crippen LogP contribution is 2.10. The first kappa shape index (κ1) is 10.2. The fourth-order valence-electron chi connectivity index (χ4n) is 0.808. The predicted octanol–water partition coefficient (Wildman–Crippen LogP) is 0.173. The van der Waals surface area contributed by atoms with Gasteiger partial charge in [-0.1, -0.05) is 0 Å². The van der Waals surface area contributed by atoms with Crippen molar-refractivity contribution < 1.29 is 8.42 Å². The van der Waals surface area contributed by atoms with E-state index in [1.807, 2.05) is 0 Å². The summed E-state index contributed by atoms with van der Waals surface area (Å²) >= 11 is 0. The normalized spacial score (nSPS) is 12.3. The van der Waals surface area contributed by atoms with Crippen molar-refractivity contribution in [3.8, 4) is 0 Å². The Kier molecular flexibility index (Phi) is 2.72. The average Bonchev–Trinajstić information content (AvgIpc) is 2.50. The van der Waals surface area contributed by atoms with Crippen molar-refractivity contribution >= 4 is 10.0 Å². The van der Waals surface area contributed by atoms with Crippen molar-refractivity contribution in [3.63, 3.8) is 0 Å². The number of H-pyrrole nitrogens is 1. The Labute approximate surface area is 77.8 Å². The van der Waals surface area contributed by atoms with E-state index in [0.717, 1.165) is 4.31 Å². The Morgan fingerprint density at radius 1 is 1.69 bits per heavy atom. The summed E-state index contributed by atoms with van der Waals surface area (Å²) < 4.78 is 24.3. The largest absolute Gasteiger partial charge is 0.348 e. The molecule has 0 aliphatic heterocycles. The summed E-state index contributed by atoms with van der Waals surface area (Å²) in [5.41, 5.74) is 0. The van der Waals surface area contributed by atoms with Crippen LogP contribution in [0, 0.1) is 13.8 Å². The molecule has 0 fully saturated rings. The molecule has 0 bridgehead atoms. The third-order valence-electron chi connectivity index (χ3n) is 1.67. The molecule has 0 aromatic carbocycles. The summed E-state index contributed by atoms with van der Waals surface area (Å²) in [4.78, 5) is 6.55. The minimum absolute atomic E-state index is 0.0381. The Bertz CT molecular complexity index is 382. The maximum atomic E-state index is 11.6. The smallest absolute Gasteiger partial charge is 0.261 e. The fraction of sp³-hybridized carbons (Fsp3) is 0.429. The Hall–Kier alpha value is -0.880. The van der Waals surface area contributed by atoms with E-state index < -0.39 is 10.0 Å². The van der Waals surface area contributed by atoms with Crippen molar-refractivity contribution in [2.75, 3.05) is 13.6 Å². The molecule has 1 N–H and O–H groups in total. The van der Waals surface area contributed by atoms with E-state index in [1.165, 1.54) is 13.2 Å². The Balaban J connectivity index is 3.08. The molecule has 0 unspecified atom stereocenters. The SMILES string of the molecule is [CH2]CN(C)S(=O)(=O)c1c[nH]c(C)n1. The molecule has 0 aliphatic rings. The maximum Gasteiger partial charge on any atom is 0.261 e. The number of imidazole rings is 1. The summed E-state index contributed by atoms with van der Waals surface area (Å²) in [6.45, 7) is 5.38. The van der Waals surface area contributed by atoms with Crippen LogP contribution in [0.1, 0.15) is 5.82 Å². The predicted molar refractivity (Wildman–Crippen MR) is 48.5 cm³/mol. The first-order valence-electron chi connectivity index (χ1n) is 3.76. The van der Waals surface area contributed by atoms with Gasteiger partial charge < -0.3 is 4.98 Å². The number of aromatic amines is 1. The summed E-state index contributed by atoms with van der Waals surface area (Å²) in [5.74, 6) is 0.580. The zero-order valence-corrected chi connectivity index (χ0v) is 8.43. The number of hydrogen-bond donors (Lipinski definition) is 1. The van der Waals surface area contributed by atoms with Crippen molar-refractivity contribution in [2.45, 2.75) is 11.9 Å². The molecule has 5 nitrogen and oxygen atoms in total. The Morgan fingerprint density at radius 3 is 2.69 bits per heavy atom. The number of sulfonamides is 1. The van der Waals surface area contributed by atoms with Crippen LogP contribution in [0.4, 0.5) is 0 Å². The number of nitrogens with zero attached hydrogens (tertiary/aromatic N) is 2.